The Hall–Kier alpha value is -0.790. The molecule has 3 N–H and O–H groups in total. The summed E-state index contributed by atoms with van der Waals surface area (Å²) in [6.07, 6.45) is 1.72. The van der Waals surface area contributed by atoms with E-state index in [0.29, 0.717) is 6.54 Å². The fourth-order valence-electron chi connectivity index (χ4n) is 0.415. The van der Waals surface area contributed by atoms with Gasteiger partial charge in [0.25, 0.3) is 0 Å². The van der Waals surface area contributed by atoms with E-state index >= 15 is 0 Å². The topological polar surface area (TPSA) is 76.3 Å². The first kappa shape index (κ1) is 9.21. The van der Waals surface area contributed by atoms with Gasteiger partial charge >= 0.3 is 0 Å². The summed E-state index contributed by atoms with van der Waals surface area (Å²) in [5, 5.41) is 27.9. The number of rotatable bonds is 4. The predicted octanol–water partition coefficient (Wildman–Crippen LogP) is -0.952. The maximum Gasteiger partial charge on any atom is 0.176 e. The molecule has 0 saturated heterocycles. The van der Waals surface area contributed by atoms with Crippen molar-refractivity contribution in [1.82, 2.24) is 5.32 Å². The molecule has 0 aliphatic rings. The lowest BCUT2D eigenvalue weighted by Crippen LogP contribution is -2.36. The van der Waals surface area contributed by atoms with Gasteiger partial charge in [-0.15, -0.1) is 0 Å². The molecule has 0 fully saturated rings. The number of nitrogens with zero attached hydrogens (tertiary/aromatic N) is 1. The van der Waals surface area contributed by atoms with Crippen molar-refractivity contribution < 1.29 is 10.2 Å². The first-order chi connectivity index (χ1) is 4.68. The van der Waals surface area contributed by atoms with Crippen LogP contribution in [-0.4, -0.2) is 30.0 Å². The Kier molecular flexibility index (Phi) is 3.77. The molecule has 10 heavy (non-hydrogen) atoms. The minimum atomic E-state index is -0.588. The Morgan fingerprint density at radius 3 is 2.30 bits per heavy atom. The van der Waals surface area contributed by atoms with E-state index in [1.165, 1.54) is 0 Å². The quantitative estimate of drug-likeness (QED) is 0.351. The fourth-order valence-corrected chi connectivity index (χ4v) is 0.415. The molecule has 0 heterocycles. The van der Waals surface area contributed by atoms with Crippen molar-refractivity contribution in [1.29, 1.82) is 5.26 Å². The van der Waals surface area contributed by atoms with Gasteiger partial charge in [-0.2, -0.15) is 5.26 Å². The van der Waals surface area contributed by atoms with E-state index in [1.807, 2.05) is 0 Å². The molecule has 0 atom stereocenters. The third kappa shape index (κ3) is 2.67. The highest BCUT2D eigenvalue weighted by Gasteiger charge is 2.21. The van der Waals surface area contributed by atoms with Gasteiger partial charge in [0.2, 0.25) is 0 Å². The summed E-state index contributed by atoms with van der Waals surface area (Å²) in [7, 11) is 0. The molecule has 0 spiro atoms. The Labute approximate surface area is 60.1 Å². The molecule has 0 bridgehead atoms. The number of aliphatic hydroxyl groups excluding tert-OH is 2. The molecule has 0 saturated carbocycles. The lowest BCUT2D eigenvalue weighted by atomic mass is 9.93. The van der Waals surface area contributed by atoms with Gasteiger partial charge < -0.3 is 15.5 Å². The van der Waals surface area contributed by atoms with Gasteiger partial charge in [0.05, 0.1) is 13.2 Å². The summed E-state index contributed by atoms with van der Waals surface area (Å²) in [5.41, 5.74) is -0.588. The number of aliphatic hydroxyl groups is 2. The van der Waals surface area contributed by atoms with Crippen LogP contribution in [0.3, 0.4) is 0 Å². The maximum absolute atomic E-state index is 8.70. The average molecular weight is 144 g/mol. The second-order valence-electron chi connectivity index (χ2n) is 2.59. The van der Waals surface area contributed by atoms with Crippen molar-refractivity contribution in [3.05, 3.63) is 0 Å². The molecule has 0 radical (unpaired) electrons. The van der Waals surface area contributed by atoms with Crippen LogP contribution in [0.5, 0.6) is 0 Å². The Morgan fingerprint density at radius 1 is 1.50 bits per heavy atom. The van der Waals surface area contributed by atoms with Crippen LogP contribution in [0.2, 0.25) is 0 Å². The molecule has 0 aliphatic carbocycles. The number of nitrogens with one attached hydrogen (secondary N) is 1. The molecule has 4 heteroatoms. The molecular formula is C6H12N2O2. The number of hydrogen-bond donors (Lipinski definition) is 3. The van der Waals surface area contributed by atoms with Gasteiger partial charge in [-0.3, -0.25) is 0 Å². The van der Waals surface area contributed by atoms with Crippen LogP contribution < -0.4 is 5.32 Å². The van der Waals surface area contributed by atoms with Crippen molar-refractivity contribution in [2.75, 3.05) is 19.8 Å². The molecule has 0 rings (SSSR count). The summed E-state index contributed by atoms with van der Waals surface area (Å²) < 4.78 is 0. The average Bonchev–Trinajstić information content (AvgIpc) is 2.00. The number of hydrogen-bond acceptors (Lipinski definition) is 4. The largest absolute Gasteiger partial charge is 0.396 e. The summed E-state index contributed by atoms with van der Waals surface area (Å²) in [4.78, 5) is 0. The van der Waals surface area contributed by atoms with Crippen molar-refractivity contribution >= 4 is 0 Å². The van der Waals surface area contributed by atoms with Gasteiger partial charge in [0.15, 0.2) is 6.19 Å². The van der Waals surface area contributed by atoms with E-state index in [2.05, 4.69) is 5.32 Å². The second kappa shape index (κ2) is 4.09. The molecule has 0 aromatic rings. The van der Waals surface area contributed by atoms with E-state index in [0.717, 1.165) is 0 Å². The van der Waals surface area contributed by atoms with E-state index in [1.54, 1.807) is 13.1 Å². The zero-order valence-electron chi connectivity index (χ0n) is 5.96. The lowest BCUT2D eigenvalue weighted by molar-refractivity contribution is 0.0730. The van der Waals surface area contributed by atoms with Crippen LogP contribution in [0.1, 0.15) is 6.92 Å². The molecule has 0 aromatic heterocycles. The molecular weight excluding hydrogens is 132 g/mol. The summed E-state index contributed by atoms with van der Waals surface area (Å²) in [6.45, 7) is 1.74. The molecule has 0 aliphatic heterocycles. The van der Waals surface area contributed by atoms with Crippen LogP contribution in [0.25, 0.3) is 0 Å². The molecule has 0 amide bonds. The highest BCUT2D eigenvalue weighted by molar-refractivity contribution is 4.79. The van der Waals surface area contributed by atoms with E-state index in [9.17, 15) is 0 Å². The maximum atomic E-state index is 8.70. The smallest absolute Gasteiger partial charge is 0.176 e. The summed E-state index contributed by atoms with van der Waals surface area (Å²) in [5.74, 6) is 0. The van der Waals surface area contributed by atoms with Crippen LogP contribution in [0, 0.1) is 16.9 Å². The second-order valence-corrected chi connectivity index (χ2v) is 2.59. The minimum absolute atomic E-state index is 0.127. The zero-order valence-corrected chi connectivity index (χ0v) is 5.96. The van der Waals surface area contributed by atoms with Crippen LogP contribution in [-0.2, 0) is 0 Å². The molecule has 0 unspecified atom stereocenters. The zero-order chi connectivity index (χ0) is 8.04. The Morgan fingerprint density at radius 2 is 2.00 bits per heavy atom. The third-order valence-electron chi connectivity index (χ3n) is 1.36. The van der Waals surface area contributed by atoms with E-state index in [-0.39, 0.29) is 13.2 Å². The van der Waals surface area contributed by atoms with Crippen LogP contribution in [0.4, 0.5) is 0 Å². The first-order valence-electron chi connectivity index (χ1n) is 3.02. The van der Waals surface area contributed by atoms with Crippen molar-refractivity contribution in [3.8, 4) is 6.19 Å². The van der Waals surface area contributed by atoms with Gasteiger partial charge in [0, 0.05) is 12.0 Å². The first-order valence-corrected chi connectivity index (χ1v) is 3.02. The monoisotopic (exact) mass is 144 g/mol. The Balaban J connectivity index is 3.71. The predicted molar refractivity (Wildman–Crippen MR) is 35.9 cm³/mol. The lowest BCUT2D eigenvalue weighted by Gasteiger charge is -2.22. The van der Waals surface area contributed by atoms with Crippen molar-refractivity contribution in [2.45, 2.75) is 6.92 Å². The van der Waals surface area contributed by atoms with Gasteiger partial charge in [0.1, 0.15) is 0 Å². The van der Waals surface area contributed by atoms with Gasteiger partial charge in [-0.25, -0.2) is 0 Å². The summed E-state index contributed by atoms with van der Waals surface area (Å²) >= 11 is 0. The molecule has 0 aromatic carbocycles. The normalized spacial score (nSPS) is 10.6. The van der Waals surface area contributed by atoms with Crippen molar-refractivity contribution in [2.24, 2.45) is 5.41 Å². The van der Waals surface area contributed by atoms with Crippen LogP contribution in [0.15, 0.2) is 0 Å². The van der Waals surface area contributed by atoms with E-state index < -0.39 is 5.41 Å². The Bertz CT molecular complexity index is 126. The summed E-state index contributed by atoms with van der Waals surface area (Å²) in [6, 6.07) is 0. The van der Waals surface area contributed by atoms with Crippen molar-refractivity contribution in [3.63, 3.8) is 0 Å². The standard InChI is InChI=1S/C6H12N2O2/c1-6(3-9,4-10)2-8-5-7/h8-10H,2-4H2,1H3. The highest BCUT2D eigenvalue weighted by Crippen LogP contribution is 2.11. The van der Waals surface area contributed by atoms with Crippen LogP contribution >= 0.6 is 0 Å². The highest BCUT2D eigenvalue weighted by atomic mass is 16.3. The fraction of sp³-hybridized carbons (Fsp3) is 0.833. The molecule has 4 nitrogen and oxygen atoms in total. The molecule has 58 valence electrons. The van der Waals surface area contributed by atoms with E-state index in [4.69, 9.17) is 15.5 Å². The third-order valence-corrected chi connectivity index (χ3v) is 1.36. The minimum Gasteiger partial charge on any atom is -0.396 e. The SMILES string of the molecule is CC(CO)(CO)CNC#N. The van der Waals surface area contributed by atoms with Gasteiger partial charge in [-0.1, -0.05) is 6.92 Å². The number of nitriles is 1. The van der Waals surface area contributed by atoms with Gasteiger partial charge in [-0.05, 0) is 0 Å².